The Bertz CT molecular complexity index is 1420. The number of carbonyl (C=O) groups is 1. The number of hydrogen-bond donors (Lipinski definition) is 2. The number of amides is 2. The van der Waals surface area contributed by atoms with Crippen LogP contribution in [0.5, 0.6) is 5.75 Å². The lowest BCUT2D eigenvalue weighted by atomic mass is 10.1. The lowest BCUT2D eigenvalue weighted by Crippen LogP contribution is -2.20. The summed E-state index contributed by atoms with van der Waals surface area (Å²) in [5.74, 6) is 0.191. The number of benzene rings is 2. The van der Waals surface area contributed by atoms with Gasteiger partial charge in [-0.25, -0.2) is 14.6 Å². The smallest absolute Gasteiger partial charge is 0.418 e. The molecule has 2 heterocycles. The van der Waals surface area contributed by atoms with Gasteiger partial charge in [-0.15, -0.1) is 0 Å². The lowest BCUT2D eigenvalue weighted by Gasteiger charge is -2.12. The van der Waals surface area contributed by atoms with Crippen molar-refractivity contribution in [3.05, 3.63) is 69.7 Å². The molecule has 0 aliphatic rings. The molecule has 4 rings (SSSR count). The van der Waals surface area contributed by atoms with Crippen molar-refractivity contribution in [1.29, 1.82) is 0 Å². The molecular weight excluding hydrogens is 451 g/mol. The van der Waals surface area contributed by atoms with Crippen molar-refractivity contribution < 1.29 is 27.1 Å². The number of halogens is 4. The molecule has 7 nitrogen and oxygen atoms in total. The molecule has 0 spiro atoms. The molecule has 2 aromatic carbocycles. The fourth-order valence-corrected chi connectivity index (χ4v) is 3.33. The van der Waals surface area contributed by atoms with E-state index < -0.39 is 28.4 Å². The van der Waals surface area contributed by atoms with Crippen molar-refractivity contribution in [2.24, 2.45) is 0 Å². The maximum atomic E-state index is 13.0. The molecule has 0 saturated heterocycles. The Hall–Kier alpha value is -3.79. The summed E-state index contributed by atoms with van der Waals surface area (Å²) in [6.45, 7) is 0. The first-order valence-corrected chi connectivity index (χ1v) is 9.39. The number of nitrogens with one attached hydrogen (secondary N) is 2. The highest BCUT2D eigenvalue weighted by Gasteiger charge is 2.33. The zero-order chi connectivity index (χ0) is 23.0. The normalized spacial score (nSPS) is 11.5. The fraction of sp³-hybridized carbons (Fsp3) is 0.0952. The lowest BCUT2D eigenvalue weighted by molar-refractivity contribution is -0.137. The largest absolute Gasteiger partial charge is 0.497 e. The molecule has 4 aromatic rings. The number of methoxy groups -OCH3 is 1. The minimum atomic E-state index is -4.70. The summed E-state index contributed by atoms with van der Waals surface area (Å²) in [5, 5.41) is 5.56. The second kappa shape index (κ2) is 8.04. The summed E-state index contributed by atoms with van der Waals surface area (Å²) < 4.78 is 49.5. The van der Waals surface area contributed by atoms with Crippen LogP contribution in [0.25, 0.3) is 21.7 Å². The van der Waals surface area contributed by atoms with E-state index in [1.807, 2.05) is 0 Å². The van der Waals surface area contributed by atoms with Crippen LogP contribution in [0.3, 0.4) is 0 Å². The van der Waals surface area contributed by atoms with Gasteiger partial charge in [0.25, 0.3) is 0 Å². The van der Waals surface area contributed by atoms with Gasteiger partial charge < -0.3 is 14.5 Å². The third-order valence-corrected chi connectivity index (χ3v) is 4.88. The highest BCUT2D eigenvalue weighted by molar-refractivity contribution is 6.31. The molecule has 0 unspecified atom stereocenters. The van der Waals surface area contributed by atoms with Crippen LogP contribution in [0.1, 0.15) is 5.56 Å². The number of alkyl halides is 3. The number of pyridine rings is 1. The van der Waals surface area contributed by atoms with E-state index in [2.05, 4.69) is 15.6 Å². The van der Waals surface area contributed by atoms with E-state index in [4.69, 9.17) is 20.8 Å². The standard InChI is InChI=1S/C21H13ClF3N3O4/c1-31-11-3-4-12-13(7-11)14-6-10(2-5-17(14)32-19(12)29)27-20(30)28-18-8-15(21(23,24)25)16(22)9-26-18/h2-9H,1H3,(H2,26,27,28,30). The molecule has 11 heteroatoms. The maximum Gasteiger partial charge on any atom is 0.418 e. The van der Waals surface area contributed by atoms with Gasteiger partial charge in [-0.2, -0.15) is 13.2 Å². The van der Waals surface area contributed by atoms with Crippen molar-refractivity contribution in [1.82, 2.24) is 4.98 Å². The molecule has 0 saturated carbocycles. The second-order valence-corrected chi connectivity index (χ2v) is 7.05. The summed E-state index contributed by atoms with van der Waals surface area (Å²) in [6.07, 6.45) is -3.89. The van der Waals surface area contributed by atoms with Crippen LogP contribution < -0.4 is 21.0 Å². The van der Waals surface area contributed by atoms with E-state index in [1.54, 1.807) is 24.3 Å². The Labute approximate surface area is 182 Å². The first-order chi connectivity index (χ1) is 15.2. The number of aromatic nitrogens is 1. The molecule has 164 valence electrons. The van der Waals surface area contributed by atoms with E-state index >= 15 is 0 Å². The summed E-state index contributed by atoms with van der Waals surface area (Å²) in [5.41, 5.74) is -1.05. The average molecular weight is 464 g/mol. The van der Waals surface area contributed by atoms with Crippen molar-refractivity contribution in [3.8, 4) is 5.75 Å². The van der Waals surface area contributed by atoms with E-state index in [0.29, 0.717) is 33.7 Å². The number of anilines is 2. The fourth-order valence-electron chi connectivity index (χ4n) is 3.12. The maximum absolute atomic E-state index is 13.0. The Kier molecular flexibility index (Phi) is 5.39. The highest BCUT2D eigenvalue weighted by atomic mass is 35.5. The molecule has 2 aromatic heterocycles. The monoisotopic (exact) mass is 463 g/mol. The summed E-state index contributed by atoms with van der Waals surface area (Å²) in [4.78, 5) is 28.2. The van der Waals surface area contributed by atoms with E-state index in [1.165, 1.54) is 19.2 Å². The predicted octanol–water partition coefficient (Wildman–Crippen LogP) is 5.67. The number of nitrogens with zero attached hydrogens (tertiary/aromatic N) is 1. The number of urea groups is 1. The van der Waals surface area contributed by atoms with Gasteiger partial charge in [0.15, 0.2) is 0 Å². The van der Waals surface area contributed by atoms with E-state index in [0.717, 1.165) is 6.20 Å². The molecule has 32 heavy (non-hydrogen) atoms. The van der Waals surface area contributed by atoms with Crippen molar-refractivity contribution >= 4 is 50.9 Å². The Morgan fingerprint density at radius 1 is 1.06 bits per heavy atom. The van der Waals surface area contributed by atoms with Gasteiger partial charge in [0.1, 0.15) is 17.2 Å². The van der Waals surface area contributed by atoms with Gasteiger partial charge in [-0.05, 0) is 42.5 Å². The van der Waals surface area contributed by atoms with Gasteiger partial charge in [0.05, 0.1) is 23.1 Å². The first-order valence-electron chi connectivity index (χ1n) is 9.01. The number of hydrogen-bond acceptors (Lipinski definition) is 5. The van der Waals surface area contributed by atoms with Crippen molar-refractivity contribution in [2.75, 3.05) is 17.7 Å². The molecule has 2 N–H and O–H groups in total. The van der Waals surface area contributed by atoms with Crippen LogP contribution in [0.15, 0.2) is 57.9 Å². The quantitative estimate of drug-likeness (QED) is 0.302. The minimum absolute atomic E-state index is 0.288. The molecule has 0 fully saturated rings. The van der Waals surface area contributed by atoms with Crippen LogP contribution >= 0.6 is 11.6 Å². The van der Waals surface area contributed by atoms with Crippen LogP contribution in [0.2, 0.25) is 5.02 Å². The topological polar surface area (TPSA) is 93.5 Å². The first kappa shape index (κ1) is 21.4. The van der Waals surface area contributed by atoms with Gasteiger partial charge in [-0.1, -0.05) is 11.6 Å². The SMILES string of the molecule is COc1ccc2c(=O)oc3ccc(NC(=O)Nc4cc(C(F)(F)F)c(Cl)cn4)cc3c2c1. The third-order valence-electron chi connectivity index (χ3n) is 4.58. The highest BCUT2D eigenvalue weighted by Crippen LogP contribution is 2.35. The number of carbonyl (C=O) groups excluding carboxylic acids is 1. The molecule has 0 aliphatic carbocycles. The Balaban J connectivity index is 1.65. The molecular formula is C21H13ClF3N3O4. The molecule has 0 aliphatic heterocycles. The van der Waals surface area contributed by atoms with Crippen LogP contribution in [-0.4, -0.2) is 18.1 Å². The average Bonchev–Trinajstić information content (AvgIpc) is 2.74. The molecule has 0 bridgehead atoms. The molecule has 2 amide bonds. The van der Waals surface area contributed by atoms with Gasteiger partial charge in [0, 0.05) is 22.7 Å². The number of ether oxygens (including phenoxy) is 1. The Morgan fingerprint density at radius 2 is 1.84 bits per heavy atom. The van der Waals surface area contributed by atoms with Gasteiger partial charge >= 0.3 is 17.8 Å². The third kappa shape index (κ3) is 4.17. The van der Waals surface area contributed by atoms with Crippen molar-refractivity contribution in [3.63, 3.8) is 0 Å². The summed E-state index contributed by atoms with van der Waals surface area (Å²) in [7, 11) is 1.49. The zero-order valence-corrected chi connectivity index (χ0v) is 17.0. The molecule has 0 radical (unpaired) electrons. The number of rotatable bonds is 3. The minimum Gasteiger partial charge on any atom is -0.497 e. The second-order valence-electron chi connectivity index (χ2n) is 6.64. The zero-order valence-electron chi connectivity index (χ0n) is 16.2. The Morgan fingerprint density at radius 3 is 2.56 bits per heavy atom. The predicted molar refractivity (Wildman–Crippen MR) is 113 cm³/mol. The van der Waals surface area contributed by atoms with E-state index in [9.17, 15) is 22.8 Å². The van der Waals surface area contributed by atoms with Crippen LogP contribution in [0.4, 0.5) is 29.5 Å². The number of fused-ring (bicyclic) bond motifs is 3. The van der Waals surface area contributed by atoms with Gasteiger partial charge in [-0.3, -0.25) is 5.32 Å². The molecule has 0 atom stereocenters. The summed E-state index contributed by atoms with van der Waals surface area (Å²) >= 11 is 5.53. The van der Waals surface area contributed by atoms with Crippen LogP contribution in [0, 0.1) is 0 Å². The summed E-state index contributed by atoms with van der Waals surface area (Å²) in [6, 6.07) is 9.19. The van der Waals surface area contributed by atoms with E-state index in [-0.39, 0.29) is 11.4 Å². The van der Waals surface area contributed by atoms with Gasteiger partial charge in [0.2, 0.25) is 0 Å². The van der Waals surface area contributed by atoms with Crippen molar-refractivity contribution in [2.45, 2.75) is 6.18 Å². The van der Waals surface area contributed by atoms with Crippen LogP contribution in [-0.2, 0) is 6.18 Å².